The van der Waals surface area contributed by atoms with Gasteiger partial charge in [-0.1, -0.05) is 30.3 Å². The Balaban J connectivity index is 0.00000200. The number of nitrogens with one attached hydrogen (secondary N) is 1. The summed E-state index contributed by atoms with van der Waals surface area (Å²) < 4.78 is 0. The van der Waals surface area contributed by atoms with Crippen LogP contribution in [0, 0.1) is 0 Å². The van der Waals surface area contributed by atoms with Gasteiger partial charge in [0.05, 0.1) is 5.54 Å². The second-order valence-corrected chi connectivity index (χ2v) is 5.71. The molecule has 1 fully saturated rings. The predicted octanol–water partition coefficient (Wildman–Crippen LogP) is 1.54. The van der Waals surface area contributed by atoms with Gasteiger partial charge in [-0.05, 0) is 32.4 Å². The lowest BCUT2D eigenvalue weighted by molar-refractivity contribution is -0.123. The zero-order valence-corrected chi connectivity index (χ0v) is 13.0. The number of carbonyl (C=O) groups excluding carboxylic acids is 1. The molecular formula is C15H24ClN3O. The molecule has 1 atom stereocenters. The number of hydrogen-bond donors (Lipinski definition) is 2. The molecule has 2 rings (SSSR count). The van der Waals surface area contributed by atoms with Crippen LogP contribution in [0.1, 0.15) is 25.3 Å². The van der Waals surface area contributed by atoms with Crippen LogP contribution >= 0.6 is 12.4 Å². The van der Waals surface area contributed by atoms with Crippen molar-refractivity contribution in [2.75, 3.05) is 13.6 Å². The van der Waals surface area contributed by atoms with Crippen molar-refractivity contribution in [3.05, 3.63) is 35.9 Å². The van der Waals surface area contributed by atoms with E-state index in [9.17, 15) is 4.79 Å². The van der Waals surface area contributed by atoms with E-state index in [-0.39, 0.29) is 24.4 Å². The summed E-state index contributed by atoms with van der Waals surface area (Å²) in [6, 6.07) is 10.4. The molecule has 0 bridgehead atoms. The molecule has 0 radical (unpaired) electrons. The fourth-order valence-corrected chi connectivity index (χ4v) is 2.20. The van der Waals surface area contributed by atoms with Gasteiger partial charge in [-0.2, -0.15) is 0 Å². The Hall–Kier alpha value is -1.10. The molecule has 1 aromatic carbocycles. The number of nitrogens with two attached hydrogens (primary N) is 1. The molecule has 0 aromatic heterocycles. The molecule has 1 unspecified atom stereocenters. The van der Waals surface area contributed by atoms with Crippen molar-refractivity contribution in [2.24, 2.45) is 5.73 Å². The topological polar surface area (TPSA) is 58.4 Å². The average Bonchev–Trinajstić information content (AvgIpc) is 3.09. The number of halogens is 1. The molecule has 1 saturated carbocycles. The van der Waals surface area contributed by atoms with Gasteiger partial charge in [-0.25, -0.2) is 0 Å². The molecular weight excluding hydrogens is 274 g/mol. The van der Waals surface area contributed by atoms with E-state index in [4.69, 9.17) is 5.73 Å². The van der Waals surface area contributed by atoms with E-state index in [0.29, 0.717) is 0 Å². The SMILES string of the molecule is CC(CN(C)Cc1ccccc1)NC(=O)C1(N)CC1.Cl. The number of benzene rings is 1. The summed E-state index contributed by atoms with van der Waals surface area (Å²) in [6.07, 6.45) is 1.62. The van der Waals surface area contributed by atoms with Crippen molar-refractivity contribution >= 4 is 18.3 Å². The molecule has 1 aromatic rings. The van der Waals surface area contributed by atoms with Crippen molar-refractivity contribution in [2.45, 2.75) is 37.9 Å². The highest BCUT2D eigenvalue weighted by Gasteiger charge is 2.46. The minimum atomic E-state index is -0.577. The second kappa shape index (κ2) is 7.07. The summed E-state index contributed by atoms with van der Waals surface area (Å²) in [5.74, 6) is -0.00638. The lowest BCUT2D eigenvalue weighted by atomic mass is 10.2. The van der Waals surface area contributed by atoms with E-state index < -0.39 is 5.54 Å². The lowest BCUT2D eigenvalue weighted by Gasteiger charge is -2.23. The molecule has 3 N–H and O–H groups in total. The van der Waals surface area contributed by atoms with Gasteiger partial charge in [0, 0.05) is 19.1 Å². The molecule has 0 aliphatic heterocycles. The van der Waals surface area contributed by atoms with E-state index in [1.807, 2.05) is 25.1 Å². The zero-order chi connectivity index (χ0) is 13.9. The van der Waals surface area contributed by atoms with Crippen LogP contribution in [0.3, 0.4) is 0 Å². The number of hydrogen-bond acceptors (Lipinski definition) is 3. The van der Waals surface area contributed by atoms with Crippen molar-refractivity contribution in [1.82, 2.24) is 10.2 Å². The monoisotopic (exact) mass is 297 g/mol. The Morgan fingerprint density at radius 2 is 2.00 bits per heavy atom. The maximum Gasteiger partial charge on any atom is 0.240 e. The molecule has 4 nitrogen and oxygen atoms in total. The van der Waals surface area contributed by atoms with Gasteiger partial charge in [-0.15, -0.1) is 12.4 Å². The van der Waals surface area contributed by atoms with Gasteiger partial charge in [0.15, 0.2) is 0 Å². The van der Waals surface area contributed by atoms with Gasteiger partial charge in [0.25, 0.3) is 0 Å². The fourth-order valence-electron chi connectivity index (χ4n) is 2.20. The highest BCUT2D eigenvalue weighted by molar-refractivity contribution is 5.89. The first-order valence-electron chi connectivity index (χ1n) is 6.82. The number of rotatable bonds is 6. The number of amides is 1. The summed E-state index contributed by atoms with van der Waals surface area (Å²) in [5, 5.41) is 2.99. The second-order valence-electron chi connectivity index (χ2n) is 5.71. The summed E-state index contributed by atoms with van der Waals surface area (Å²) >= 11 is 0. The summed E-state index contributed by atoms with van der Waals surface area (Å²) in [5.41, 5.74) is 6.57. The summed E-state index contributed by atoms with van der Waals surface area (Å²) in [7, 11) is 2.06. The van der Waals surface area contributed by atoms with E-state index >= 15 is 0 Å². The van der Waals surface area contributed by atoms with Crippen molar-refractivity contribution in [3.63, 3.8) is 0 Å². The van der Waals surface area contributed by atoms with Gasteiger partial charge >= 0.3 is 0 Å². The molecule has 1 aliphatic carbocycles. The van der Waals surface area contributed by atoms with Crippen LogP contribution in [0.4, 0.5) is 0 Å². The van der Waals surface area contributed by atoms with Crippen LogP contribution in [-0.4, -0.2) is 36.0 Å². The Morgan fingerprint density at radius 3 is 2.55 bits per heavy atom. The van der Waals surface area contributed by atoms with Crippen molar-refractivity contribution in [3.8, 4) is 0 Å². The van der Waals surface area contributed by atoms with E-state index in [1.165, 1.54) is 5.56 Å². The predicted molar refractivity (Wildman–Crippen MR) is 83.8 cm³/mol. The first-order valence-corrected chi connectivity index (χ1v) is 6.82. The third-order valence-electron chi connectivity index (χ3n) is 3.50. The fraction of sp³-hybridized carbons (Fsp3) is 0.533. The maximum atomic E-state index is 11.8. The van der Waals surface area contributed by atoms with Crippen LogP contribution in [-0.2, 0) is 11.3 Å². The number of carbonyl (C=O) groups is 1. The third kappa shape index (κ3) is 4.78. The molecule has 1 amide bonds. The minimum absolute atomic E-state index is 0. The maximum absolute atomic E-state index is 11.8. The van der Waals surface area contributed by atoms with Crippen LogP contribution in [0.15, 0.2) is 30.3 Å². The van der Waals surface area contributed by atoms with Gasteiger partial charge in [0.2, 0.25) is 5.91 Å². The first kappa shape index (κ1) is 17.0. The highest BCUT2D eigenvalue weighted by atomic mass is 35.5. The van der Waals surface area contributed by atoms with Crippen LogP contribution in [0.5, 0.6) is 0 Å². The summed E-state index contributed by atoms with van der Waals surface area (Å²) in [6.45, 7) is 3.72. The smallest absolute Gasteiger partial charge is 0.240 e. The molecule has 0 spiro atoms. The summed E-state index contributed by atoms with van der Waals surface area (Å²) in [4.78, 5) is 14.0. The van der Waals surface area contributed by atoms with Crippen molar-refractivity contribution in [1.29, 1.82) is 0 Å². The molecule has 5 heteroatoms. The third-order valence-corrected chi connectivity index (χ3v) is 3.50. The number of likely N-dealkylation sites (N-methyl/N-ethyl adjacent to an activating group) is 1. The molecule has 0 saturated heterocycles. The largest absolute Gasteiger partial charge is 0.351 e. The first-order chi connectivity index (χ1) is 8.99. The Kier molecular flexibility index (Phi) is 5.99. The quantitative estimate of drug-likeness (QED) is 0.837. The van der Waals surface area contributed by atoms with Crippen LogP contribution in [0.25, 0.3) is 0 Å². The minimum Gasteiger partial charge on any atom is -0.351 e. The molecule has 1 aliphatic rings. The highest BCUT2D eigenvalue weighted by Crippen LogP contribution is 2.32. The normalized spacial score (nSPS) is 17.2. The average molecular weight is 298 g/mol. The molecule has 112 valence electrons. The van der Waals surface area contributed by atoms with E-state index in [2.05, 4.69) is 29.4 Å². The molecule has 20 heavy (non-hydrogen) atoms. The number of nitrogens with zero attached hydrogens (tertiary/aromatic N) is 1. The van der Waals surface area contributed by atoms with Crippen LogP contribution < -0.4 is 11.1 Å². The van der Waals surface area contributed by atoms with E-state index in [0.717, 1.165) is 25.9 Å². The lowest BCUT2D eigenvalue weighted by Crippen LogP contribution is -2.49. The van der Waals surface area contributed by atoms with E-state index in [1.54, 1.807) is 0 Å². The van der Waals surface area contributed by atoms with Gasteiger partial charge in [0.1, 0.15) is 0 Å². The molecule has 0 heterocycles. The standard InChI is InChI=1S/C15H23N3O.ClH/c1-12(17-14(19)15(16)8-9-15)10-18(2)11-13-6-4-3-5-7-13;/h3-7,12H,8-11,16H2,1-2H3,(H,17,19);1H. The van der Waals surface area contributed by atoms with Gasteiger partial charge < -0.3 is 16.0 Å². The Labute approximate surface area is 127 Å². The van der Waals surface area contributed by atoms with Gasteiger partial charge in [-0.3, -0.25) is 4.79 Å². The Bertz CT molecular complexity index is 434. The Morgan fingerprint density at radius 1 is 1.40 bits per heavy atom. The van der Waals surface area contributed by atoms with Crippen LogP contribution in [0.2, 0.25) is 0 Å². The zero-order valence-electron chi connectivity index (χ0n) is 12.1. The van der Waals surface area contributed by atoms with Crippen molar-refractivity contribution < 1.29 is 4.79 Å².